The summed E-state index contributed by atoms with van der Waals surface area (Å²) in [6, 6.07) is 9.71. The third kappa shape index (κ3) is 7.41. The first-order valence-corrected chi connectivity index (χ1v) is 23.1. The Morgan fingerprint density at radius 2 is 1.67 bits per heavy atom. The molecule has 1 aromatic rings. The van der Waals surface area contributed by atoms with Crippen LogP contribution in [0.3, 0.4) is 0 Å². The number of esters is 1. The van der Waals surface area contributed by atoms with E-state index in [-0.39, 0.29) is 48.6 Å². The summed E-state index contributed by atoms with van der Waals surface area (Å²) in [4.78, 5) is 27.4. The summed E-state index contributed by atoms with van der Waals surface area (Å²) in [5, 5.41) is 0. The summed E-state index contributed by atoms with van der Waals surface area (Å²) in [6.45, 7) is 8.32. The zero-order chi connectivity index (χ0) is 27.8. The first-order valence-electron chi connectivity index (χ1n) is 15.4. The van der Waals surface area contributed by atoms with Crippen LogP contribution >= 0.6 is 0 Å². The number of hydrogen-bond donors (Lipinski definition) is 0. The van der Waals surface area contributed by atoms with Gasteiger partial charge in [0.25, 0.3) is 0 Å². The fraction of sp³-hybridized carbons (Fsp3) is 0.688. The van der Waals surface area contributed by atoms with Crippen LogP contribution in [-0.4, -0.2) is 67.7 Å². The Labute approximate surface area is 239 Å². The minimum atomic E-state index is -2.53. The number of carbonyl (C=O) groups excluding carboxylic acids is 2. The fourth-order valence-corrected chi connectivity index (χ4v) is 22.5. The summed E-state index contributed by atoms with van der Waals surface area (Å²) in [6.07, 6.45) is 7.75. The molecule has 1 aliphatic carbocycles. The van der Waals surface area contributed by atoms with Crippen molar-refractivity contribution in [3.63, 3.8) is 0 Å². The molecule has 39 heavy (non-hydrogen) atoms. The van der Waals surface area contributed by atoms with Gasteiger partial charge in [-0.2, -0.15) is 0 Å². The number of hydrogen-bond acceptors (Lipinski definition) is 5. The van der Waals surface area contributed by atoms with Gasteiger partial charge in [-0.05, 0) is 0 Å². The van der Waals surface area contributed by atoms with Gasteiger partial charge >= 0.3 is 210 Å². The Balaban J connectivity index is 1.46. The van der Waals surface area contributed by atoms with Gasteiger partial charge in [0.2, 0.25) is 0 Å². The molecule has 0 aromatic heterocycles. The van der Waals surface area contributed by atoms with Crippen molar-refractivity contribution >= 4 is 30.4 Å². The van der Waals surface area contributed by atoms with Crippen molar-refractivity contribution in [2.75, 3.05) is 20.2 Å². The van der Waals surface area contributed by atoms with E-state index in [0.717, 1.165) is 12.0 Å². The molecule has 1 saturated carbocycles. The molecule has 0 radical (unpaired) electrons. The molecule has 5 rings (SSSR count). The standard InChI is InChI=1S/C20H22NO5.3C4H9.Sn/c1-12-10-24-18-16(12)15-8-14(17(18)26-19(15)22)9-21(2)20(23)25-11-13-6-4-3-5-7-13;3*1-3-4-2;/h1,3-7,14-18H,8-11H2,2H3;3*1,3-4H2,2H3;/t14-,15-,16-,17+,18-;;;;/m0..../s1. The molecule has 4 aliphatic rings. The maximum atomic E-state index is 13.1. The number of ether oxygens (including phenoxy) is 3. The van der Waals surface area contributed by atoms with Crippen LogP contribution < -0.4 is 0 Å². The van der Waals surface area contributed by atoms with Crippen molar-refractivity contribution in [2.24, 2.45) is 17.8 Å². The maximum absolute atomic E-state index is 13.1. The zero-order valence-electron chi connectivity index (χ0n) is 24.5. The van der Waals surface area contributed by atoms with Crippen molar-refractivity contribution < 1.29 is 23.8 Å². The number of unbranched alkanes of at least 4 members (excludes halogenated alkanes) is 3. The van der Waals surface area contributed by atoms with E-state index in [4.69, 9.17) is 14.2 Å². The fourth-order valence-electron chi connectivity index (χ4n) is 7.04. The molecule has 3 saturated heterocycles. The molecule has 7 heteroatoms. The van der Waals surface area contributed by atoms with Gasteiger partial charge in [0.05, 0.1) is 0 Å². The molecule has 5 atom stereocenters. The average Bonchev–Trinajstić information content (AvgIpc) is 3.38. The Morgan fingerprint density at radius 3 is 2.28 bits per heavy atom. The molecule has 1 amide bonds. The van der Waals surface area contributed by atoms with Crippen LogP contribution in [0.1, 0.15) is 71.3 Å². The number of amides is 1. The number of rotatable bonds is 14. The second-order valence-corrected chi connectivity index (χ2v) is 25.0. The van der Waals surface area contributed by atoms with Crippen LogP contribution in [0.5, 0.6) is 0 Å². The van der Waals surface area contributed by atoms with Crippen LogP contribution in [0.25, 0.3) is 0 Å². The van der Waals surface area contributed by atoms with Gasteiger partial charge in [-0.1, -0.05) is 30.3 Å². The van der Waals surface area contributed by atoms with E-state index in [2.05, 4.69) is 24.9 Å². The van der Waals surface area contributed by atoms with E-state index in [0.29, 0.717) is 13.2 Å². The van der Waals surface area contributed by atoms with E-state index < -0.39 is 18.4 Å². The monoisotopic (exact) mass is 647 g/mol. The summed E-state index contributed by atoms with van der Waals surface area (Å²) >= 11 is -2.53. The third-order valence-electron chi connectivity index (χ3n) is 9.16. The molecule has 0 N–H and O–H groups in total. The molecule has 1 aromatic carbocycles. The van der Waals surface area contributed by atoms with Gasteiger partial charge < -0.3 is 0 Å². The van der Waals surface area contributed by atoms with Gasteiger partial charge in [-0.25, -0.2) is 0 Å². The van der Waals surface area contributed by atoms with Crippen LogP contribution in [0.4, 0.5) is 4.79 Å². The predicted molar refractivity (Wildman–Crippen MR) is 157 cm³/mol. The van der Waals surface area contributed by atoms with Gasteiger partial charge in [0.1, 0.15) is 0 Å². The molecule has 2 bridgehead atoms. The van der Waals surface area contributed by atoms with Crippen molar-refractivity contribution in [3.8, 4) is 0 Å². The summed E-state index contributed by atoms with van der Waals surface area (Å²) in [7, 11) is 1.77. The number of benzene rings is 1. The zero-order valence-corrected chi connectivity index (χ0v) is 27.4. The number of carbonyl (C=O) groups is 2. The van der Waals surface area contributed by atoms with Gasteiger partial charge in [-0.15, -0.1) is 0 Å². The van der Waals surface area contributed by atoms with Gasteiger partial charge in [-0.3, -0.25) is 0 Å². The summed E-state index contributed by atoms with van der Waals surface area (Å²) < 4.78 is 25.0. The van der Waals surface area contributed by atoms with E-state index in [9.17, 15) is 9.59 Å². The topological polar surface area (TPSA) is 65.1 Å². The van der Waals surface area contributed by atoms with Crippen LogP contribution in [-0.2, 0) is 25.6 Å². The molecule has 0 spiro atoms. The predicted octanol–water partition coefficient (Wildman–Crippen LogP) is 7.15. The van der Waals surface area contributed by atoms with Crippen LogP contribution in [0, 0.1) is 17.8 Å². The molecule has 0 unspecified atom stereocenters. The van der Waals surface area contributed by atoms with E-state index in [1.165, 1.54) is 57.4 Å². The van der Waals surface area contributed by atoms with E-state index in [1.54, 1.807) is 11.9 Å². The molecular formula is C32H49NO5Sn. The minimum absolute atomic E-state index is 0.0659. The van der Waals surface area contributed by atoms with E-state index in [1.807, 2.05) is 30.3 Å². The SMILES string of the molecule is CCC[CH2][Sn](/[CH]=C1\CO[C@@H]2[C@@H]3OC(=O)[C@@H](C[C@H]3CN(C)C(=O)OCc3ccccc3)[C@H]12)([CH2]CCC)[CH2]CCC. The molecule has 3 aliphatic heterocycles. The molecular weight excluding hydrogens is 597 g/mol. The van der Waals surface area contributed by atoms with Crippen molar-refractivity contribution in [1.29, 1.82) is 0 Å². The van der Waals surface area contributed by atoms with Gasteiger partial charge in [0, 0.05) is 0 Å². The third-order valence-corrected chi connectivity index (χ3v) is 23.5. The first-order chi connectivity index (χ1) is 18.9. The van der Waals surface area contributed by atoms with Crippen LogP contribution in [0.2, 0.25) is 13.3 Å². The van der Waals surface area contributed by atoms with Crippen molar-refractivity contribution in [2.45, 2.75) is 97.8 Å². The van der Waals surface area contributed by atoms with Crippen molar-refractivity contribution in [3.05, 3.63) is 45.6 Å². The average molecular weight is 646 g/mol. The summed E-state index contributed by atoms with van der Waals surface area (Å²) in [5.41, 5.74) is 2.38. The normalized spacial score (nSPS) is 26.9. The summed E-state index contributed by atoms with van der Waals surface area (Å²) in [5.74, 6) is -0.0143. The van der Waals surface area contributed by atoms with Crippen LogP contribution in [0.15, 0.2) is 40.0 Å². The second-order valence-electron chi connectivity index (χ2n) is 12.1. The molecule has 6 nitrogen and oxygen atoms in total. The Hall–Kier alpha value is -1.54. The van der Waals surface area contributed by atoms with E-state index >= 15 is 0 Å². The quantitative estimate of drug-likeness (QED) is 0.159. The molecule has 3 heterocycles. The Bertz CT molecular complexity index is 960. The molecule has 4 fully saturated rings. The number of fused-ring (bicyclic) bond motifs is 2. The van der Waals surface area contributed by atoms with Gasteiger partial charge in [0.15, 0.2) is 0 Å². The first kappa shape index (κ1) is 30.4. The molecule has 216 valence electrons. The second kappa shape index (κ2) is 14.4. The number of nitrogens with zero attached hydrogens (tertiary/aromatic N) is 1. The Morgan fingerprint density at radius 1 is 1.03 bits per heavy atom. The Kier molecular flexibility index (Phi) is 11.2. The van der Waals surface area contributed by atoms with Crippen molar-refractivity contribution in [1.82, 2.24) is 4.90 Å².